The highest BCUT2D eigenvalue weighted by Gasteiger charge is 2.19. The second-order valence-electron chi connectivity index (χ2n) is 4.60. The van der Waals surface area contributed by atoms with Crippen LogP contribution in [-0.2, 0) is 0 Å². The van der Waals surface area contributed by atoms with Crippen LogP contribution in [-0.4, -0.2) is 13.2 Å². The smallest absolute Gasteiger partial charge is 0.162 e. The van der Waals surface area contributed by atoms with Gasteiger partial charge in [-0.3, -0.25) is 0 Å². The van der Waals surface area contributed by atoms with Gasteiger partial charge in [-0.25, -0.2) is 4.39 Å². The maximum absolute atomic E-state index is 13.0. The molecule has 106 valence electrons. The maximum Gasteiger partial charge on any atom is 0.162 e. The van der Waals surface area contributed by atoms with E-state index < -0.39 is 0 Å². The Bertz CT molecular complexity index is 555. The Morgan fingerprint density at radius 2 is 1.60 bits per heavy atom. The van der Waals surface area contributed by atoms with Gasteiger partial charge in [0.25, 0.3) is 0 Å². The van der Waals surface area contributed by atoms with Gasteiger partial charge in [0.1, 0.15) is 11.9 Å². The summed E-state index contributed by atoms with van der Waals surface area (Å²) < 4.78 is 24.2. The van der Waals surface area contributed by atoms with Crippen molar-refractivity contribution in [3.63, 3.8) is 0 Å². The zero-order valence-electron chi connectivity index (χ0n) is 11.5. The summed E-state index contributed by atoms with van der Waals surface area (Å²) in [6, 6.07) is 13.3. The topological polar surface area (TPSA) is 44.5 Å². The van der Waals surface area contributed by atoms with Crippen LogP contribution >= 0.6 is 0 Å². The van der Waals surface area contributed by atoms with E-state index in [1.807, 2.05) is 31.2 Å². The molecule has 0 bridgehead atoms. The monoisotopic (exact) mass is 275 g/mol. The van der Waals surface area contributed by atoms with E-state index in [1.54, 1.807) is 19.2 Å². The second-order valence-corrected chi connectivity index (χ2v) is 4.60. The average Bonchev–Trinajstić information content (AvgIpc) is 2.46. The van der Waals surface area contributed by atoms with Crippen LogP contribution in [0, 0.1) is 5.82 Å². The van der Waals surface area contributed by atoms with Gasteiger partial charge in [-0.15, -0.1) is 0 Å². The first-order valence-electron chi connectivity index (χ1n) is 6.42. The summed E-state index contributed by atoms with van der Waals surface area (Å²) in [6.45, 7) is 1.85. The van der Waals surface area contributed by atoms with Crippen molar-refractivity contribution in [3.8, 4) is 11.5 Å². The molecule has 0 spiro atoms. The van der Waals surface area contributed by atoms with Crippen LogP contribution in [0.25, 0.3) is 0 Å². The highest BCUT2D eigenvalue weighted by atomic mass is 19.1. The summed E-state index contributed by atoms with van der Waals surface area (Å²) in [5.41, 5.74) is 6.81. The molecule has 0 saturated heterocycles. The van der Waals surface area contributed by atoms with Gasteiger partial charge in [-0.2, -0.15) is 0 Å². The van der Waals surface area contributed by atoms with Gasteiger partial charge in [0, 0.05) is 6.04 Å². The molecule has 0 heterocycles. The van der Waals surface area contributed by atoms with Gasteiger partial charge in [0.15, 0.2) is 11.5 Å². The zero-order chi connectivity index (χ0) is 14.5. The Kier molecular flexibility index (Phi) is 4.58. The minimum atomic E-state index is -0.369. The molecule has 3 nitrogen and oxygen atoms in total. The molecule has 4 heteroatoms. The Hall–Kier alpha value is -2.07. The fourth-order valence-corrected chi connectivity index (χ4v) is 1.98. The molecule has 0 saturated carbocycles. The lowest BCUT2D eigenvalue weighted by Crippen LogP contribution is -2.29. The van der Waals surface area contributed by atoms with Crippen molar-refractivity contribution in [1.82, 2.24) is 0 Å². The molecule has 0 radical (unpaired) electrons. The van der Waals surface area contributed by atoms with Crippen LogP contribution in [0.2, 0.25) is 0 Å². The maximum atomic E-state index is 13.0. The van der Waals surface area contributed by atoms with Gasteiger partial charge < -0.3 is 15.2 Å². The third-order valence-corrected chi connectivity index (χ3v) is 3.00. The fourth-order valence-electron chi connectivity index (χ4n) is 1.98. The molecule has 0 aliphatic heterocycles. The summed E-state index contributed by atoms with van der Waals surface area (Å²) in [4.78, 5) is 0. The Morgan fingerprint density at radius 1 is 1.00 bits per heavy atom. The van der Waals surface area contributed by atoms with Crippen molar-refractivity contribution >= 4 is 0 Å². The first-order chi connectivity index (χ1) is 9.61. The molecule has 0 amide bonds. The third kappa shape index (κ3) is 3.27. The van der Waals surface area contributed by atoms with Gasteiger partial charge in [0.05, 0.1) is 7.11 Å². The summed E-state index contributed by atoms with van der Waals surface area (Å²) in [6.07, 6.45) is -0.369. The molecule has 20 heavy (non-hydrogen) atoms. The second kappa shape index (κ2) is 6.39. The largest absolute Gasteiger partial charge is 0.493 e. The van der Waals surface area contributed by atoms with Crippen LogP contribution in [0.5, 0.6) is 11.5 Å². The van der Waals surface area contributed by atoms with E-state index in [2.05, 4.69) is 0 Å². The van der Waals surface area contributed by atoms with E-state index in [1.165, 1.54) is 12.1 Å². The van der Waals surface area contributed by atoms with Gasteiger partial charge in [-0.1, -0.05) is 24.3 Å². The minimum absolute atomic E-state index is 0.245. The normalized spacial score (nSPS) is 13.6. The van der Waals surface area contributed by atoms with Crippen LogP contribution in [0.3, 0.4) is 0 Å². The molecule has 2 unspecified atom stereocenters. The average molecular weight is 275 g/mol. The zero-order valence-corrected chi connectivity index (χ0v) is 11.5. The van der Waals surface area contributed by atoms with Gasteiger partial charge in [-0.05, 0) is 36.8 Å². The first-order valence-corrected chi connectivity index (χ1v) is 6.42. The number of benzene rings is 2. The number of halogens is 1. The first kappa shape index (κ1) is 14.3. The molecule has 2 aromatic rings. The lowest BCUT2D eigenvalue weighted by molar-refractivity contribution is 0.173. The predicted molar refractivity (Wildman–Crippen MR) is 76.4 cm³/mol. The lowest BCUT2D eigenvalue weighted by Gasteiger charge is -2.24. The predicted octanol–water partition coefficient (Wildman–Crippen LogP) is 3.30. The molecule has 2 rings (SSSR count). The van der Waals surface area contributed by atoms with E-state index in [4.69, 9.17) is 15.2 Å². The van der Waals surface area contributed by atoms with Gasteiger partial charge in [0.2, 0.25) is 0 Å². The highest BCUT2D eigenvalue weighted by Crippen LogP contribution is 2.31. The van der Waals surface area contributed by atoms with E-state index >= 15 is 0 Å². The van der Waals surface area contributed by atoms with Crippen LogP contribution in [0.15, 0.2) is 48.5 Å². The summed E-state index contributed by atoms with van der Waals surface area (Å²) in [5, 5.41) is 0. The number of rotatable bonds is 5. The van der Waals surface area contributed by atoms with Crippen molar-refractivity contribution in [2.45, 2.75) is 19.1 Å². The van der Waals surface area contributed by atoms with Crippen molar-refractivity contribution < 1.29 is 13.9 Å². The SMILES string of the molecule is COc1ccccc1OC(c1ccc(F)cc1)C(C)N. The van der Waals surface area contributed by atoms with Gasteiger partial charge >= 0.3 is 0 Å². The molecule has 2 aromatic carbocycles. The molecule has 0 aromatic heterocycles. The molecule has 0 aliphatic carbocycles. The Balaban J connectivity index is 2.28. The van der Waals surface area contributed by atoms with E-state index in [9.17, 15) is 4.39 Å². The number of para-hydroxylation sites is 2. The summed E-state index contributed by atoms with van der Waals surface area (Å²) in [7, 11) is 1.58. The molecule has 2 atom stereocenters. The van der Waals surface area contributed by atoms with Crippen LogP contribution in [0.4, 0.5) is 4.39 Å². The number of hydrogen-bond donors (Lipinski definition) is 1. The van der Waals surface area contributed by atoms with Crippen molar-refractivity contribution in [3.05, 3.63) is 59.9 Å². The van der Waals surface area contributed by atoms with Crippen molar-refractivity contribution in [2.75, 3.05) is 7.11 Å². The Morgan fingerprint density at radius 3 is 2.15 bits per heavy atom. The number of hydrogen-bond acceptors (Lipinski definition) is 3. The standard InChI is InChI=1S/C16H18FNO2/c1-11(18)16(12-7-9-13(17)10-8-12)20-15-6-4-3-5-14(15)19-2/h3-11,16H,18H2,1-2H3. The number of nitrogens with two attached hydrogens (primary N) is 1. The van der Waals surface area contributed by atoms with Crippen LogP contribution < -0.4 is 15.2 Å². The minimum Gasteiger partial charge on any atom is -0.493 e. The Labute approximate surface area is 118 Å². The number of ether oxygens (including phenoxy) is 2. The highest BCUT2D eigenvalue weighted by molar-refractivity contribution is 5.40. The summed E-state index contributed by atoms with van der Waals surface area (Å²) >= 11 is 0. The molecule has 0 fully saturated rings. The van der Waals surface area contributed by atoms with E-state index in [0.717, 1.165) is 5.56 Å². The molecule has 2 N–H and O–H groups in total. The quantitative estimate of drug-likeness (QED) is 0.910. The third-order valence-electron chi connectivity index (χ3n) is 3.00. The summed E-state index contributed by atoms with van der Waals surface area (Å²) in [5.74, 6) is 0.969. The molecular weight excluding hydrogens is 257 g/mol. The van der Waals surface area contributed by atoms with Crippen molar-refractivity contribution in [1.29, 1.82) is 0 Å². The fraction of sp³-hybridized carbons (Fsp3) is 0.250. The molecular formula is C16H18FNO2. The number of methoxy groups -OCH3 is 1. The molecule has 0 aliphatic rings. The van der Waals surface area contributed by atoms with E-state index in [0.29, 0.717) is 11.5 Å². The van der Waals surface area contributed by atoms with E-state index in [-0.39, 0.29) is 18.0 Å². The van der Waals surface area contributed by atoms with Crippen molar-refractivity contribution in [2.24, 2.45) is 5.73 Å². The lowest BCUT2D eigenvalue weighted by atomic mass is 10.0. The van der Waals surface area contributed by atoms with Crippen LogP contribution in [0.1, 0.15) is 18.6 Å².